The van der Waals surface area contributed by atoms with Gasteiger partial charge in [0.2, 0.25) is 0 Å². The SMILES string of the molecule is CCC(C(=O)O)C(C)(O)c1ccc(Cl)cc1Cl. The van der Waals surface area contributed by atoms with Gasteiger partial charge in [0.25, 0.3) is 0 Å². The summed E-state index contributed by atoms with van der Waals surface area (Å²) < 4.78 is 0. The average Bonchev–Trinajstić information content (AvgIpc) is 2.16. The molecule has 94 valence electrons. The minimum atomic E-state index is -1.53. The average molecular weight is 277 g/mol. The van der Waals surface area contributed by atoms with Gasteiger partial charge in [-0.3, -0.25) is 4.79 Å². The standard InChI is InChI=1S/C12H14Cl2O3/c1-3-8(11(15)16)12(2,17)9-5-4-7(13)6-10(9)14/h4-6,8,17H,3H2,1-2H3,(H,15,16). The molecule has 17 heavy (non-hydrogen) atoms. The van der Waals surface area contributed by atoms with Gasteiger partial charge >= 0.3 is 5.97 Å². The van der Waals surface area contributed by atoms with Gasteiger partial charge in [0.1, 0.15) is 5.60 Å². The van der Waals surface area contributed by atoms with Crippen LogP contribution in [0.25, 0.3) is 0 Å². The van der Waals surface area contributed by atoms with Crippen molar-refractivity contribution in [2.24, 2.45) is 5.92 Å². The van der Waals surface area contributed by atoms with Crippen molar-refractivity contribution in [2.45, 2.75) is 25.9 Å². The van der Waals surface area contributed by atoms with Crippen molar-refractivity contribution in [3.63, 3.8) is 0 Å². The van der Waals surface area contributed by atoms with Gasteiger partial charge < -0.3 is 10.2 Å². The molecular formula is C12H14Cl2O3. The fraction of sp³-hybridized carbons (Fsp3) is 0.417. The molecule has 0 aliphatic carbocycles. The van der Waals surface area contributed by atoms with Crippen LogP contribution in [0.5, 0.6) is 0 Å². The molecule has 3 nitrogen and oxygen atoms in total. The van der Waals surface area contributed by atoms with E-state index < -0.39 is 17.5 Å². The number of halogens is 2. The Hall–Kier alpha value is -0.770. The van der Waals surface area contributed by atoms with Gasteiger partial charge in [-0.2, -0.15) is 0 Å². The second kappa shape index (κ2) is 5.25. The Morgan fingerprint density at radius 2 is 2.06 bits per heavy atom. The molecule has 2 N–H and O–H groups in total. The van der Waals surface area contributed by atoms with Gasteiger partial charge in [-0.1, -0.05) is 36.2 Å². The zero-order valence-electron chi connectivity index (χ0n) is 9.58. The van der Waals surface area contributed by atoms with Crippen LogP contribution in [0.3, 0.4) is 0 Å². The highest BCUT2D eigenvalue weighted by Gasteiger charge is 2.39. The van der Waals surface area contributed by atoms with Gasteiger partial charge in [0.05, 0.1) is 5.92 Å². The molecule has 0 aromatic heterocycles. The molecule has 2 atom stereocenters. The lowest BCUT2D eigenvalue weighted by Crippen LogP contribution is -2.37. The molecule has 0 radical (unpaired) electrons. The van der Waals surface area contributed by atoms with Crippen molar-refractivity contribution in [1.29, 1.82) is 0 Å². The van der Waals surface area contributed by atoms with Crippen molar-refractivity contribution >= 4 is 29.2 Å². The summed E-state index contributed by atoms with van der Waals surface area (Å²) in [5.74, 6) is -1.97. The molecule has 0 fully saturated rings. The number of hydrogen-bond donors (Lipinski definition) is 2. The minimum absolute atomic E-state index is 0.266. The second-order valence-corrected chi connectivity index (χ2v) is 4.91. The molecule has 2 unspecified atom stereocenters. The first kappa shape index (κ1) is 14.3. The molecule has 0 amide bonds. The van der Waals surface area contributed by atoms with Crippen LogP contribution in [0, 0.1) is 5.92 Å². The highest BCUT2D eigenvalue weighted by Crippen LogP contribution is 2.37. The third-order valence-corrected chi connectivity index (χ3v) is 3.41. The Kier molecular flexibility index (Phi) is 4.42. The van der Waals surface area contributed by atoms with Crippen molar-refractivity contribution in [3.05, 3.63) is 33.8 Å². The fourth-order valence-electron chi connectivity index (χ4n) is 1.90. The van der Waals surface area contributed by atoms with E-state index in [-0.39, 0.29) is 5.02 Å². The van der Waals surface area contributed by atoms with E-state index in [1.807, 2.05) is 0 Å². The third-order valence-electron chi connectivity index (χ3n) is 2.86. The molecular weight excluding hydrogens is 263 g/mol. The van der Waals surface area contributed by atoms with E-state index in [9.17, 15) is 9.90 Å². The van der Waals surface area contributed by atoms with E-state index in [1.165, 1.54) is 13.0 Å². The number of aliphatic carboxylic acids is 1. The second-order valence-electron chi connectivity index (χ2n) is 4.07. The zero-order valence-corrected chi connectivity index (χ0v) is 11.1. The summed E-state index contributed by atoms with van der Waals surface area (Å²) >= 11 is 11.7. The fourth-order valence-corrected chi connectivity index (χ4v) is 2.50. The highest BCUT2D eigenvalue weighted by molar-refractivity contribution is 6.35. The Balaban J connectivity index is 3.24. The van der Waals surface area contributed by atoms with Crippen LogP contribution in [0.4, 0.5) is 0 Å². The van der Waals surface area contributed by atoms with Crippen molar-refractivity contribution in [2.75, 3.05) is 0 Å². The van der Waals surface area contributed by atoms with E-state index in [1.54, 1.807) is 19.1 Å². The number of carboxylic acid groups (broad SMARTS) is 1. The van der Waals surface area contributed by atoms with Crippen LogP contribution >= 0.6 is 23.2 Å². The Labute approximate surface area is 110 Å². The zero-order chi connectivity index (χ0) is 13.2. The summed E-state index contributed by atoms with van der Waals surface area (Å²) in [5, 5.41) is 20.2. The molecule has 1 aromatic carbocycles. The van der Waals surface area contributed by atoms with Gasteiger partial charge in [-0.25, -0.2) is 0 Å². The van der Waals surface area contributed by atoms with Crippen LogP contribution in [0.2, 0.25) is 10.0 Å². The molecule has 0 spiro atoms. The van der Waals surface area contributed by atoms with Gasteiger partial charge in [-0.05, 0) is 25.5 Å². The van der Waals surface area contributed by atoms with Crippen LogP contribution in [0.1, 0.15) is 25.8 Å². The minimum Gasteiger partial charge on any atom is -0.481 e. The summed E-state index contributed by atoms with van der Waals surface area (Å²) in [6.07, 6.45) is 0.307. The number of aliphatic hydroxyl groups is 1. The number of carbonyl (C=O) groups is 1. The predicted octanol–water partition coefficient (Wildman–Crippen LogP) is 3.31. The van der Waals surface area contributed by atoms with Crippen molar-refractivity contribution in [1.82, 2.24) is 0 Å². The molecule has 1 rings (SSSR count). The molecule has 0 saturated heterocycles. The summed E-state index contributed by atoms with van der Waals surface area (Å²) in [6.45, 7) is 3.15. The molecule has 0 aliphatic rings. The van der Waals surface area contributed by atoms with E-state index in [0.29, 0.717) is 17.0 Å². The summed E-state index contributed by atoms with van der Waals surface area (Å²) in [5.41, 5.74) is -1.15. The number of hydrogen-bond acceptors (Lipinski definition) is 2. The van der Waals surface area contributed by atoms with Gasteiger partial charge in [-0.15, -0.1) is 0 Å². The van der Waals surface area contributed by atoms with Gasteiger partial charge in [0.15, 0.2) is 0 Å². The molecule has 0 aliphatic heterocycles. The summed E-state index contributed by atoms with van der Waals surface area (Å²) in [6, 6.07) is 4.61. The lowest BCUT2D eigenvalue weighted by molar-refractivity contribution is -0.152. The van der Waals surface area contributed by atoms with E-state index in [4.69, 9.17) is 28.3 Å². The monoisotopic (exact) mass is 276 g/mol. The topological polar surface area (TPSA) is 57.5 Å². The first-order valence-electron chi connectivity index (χ1n) is 5.21. The molecule has 5 heteroatoms. The van der Waals surface area contributed by atoms with Crippen molar-refractivity contribution < 1.29 is 15.0 Å². The molecule has 0 bridgehead atoms. The lowest BCUT2D eigenvalue weighted by atomic mass is 9.81. The van der Waals surface area contributed by atoms with Crippen molar-refractivity contribution in [3.8, 4) is 0 Å². The smallest absolute Gasteiger partial charge is 0.309 e. The largest absolute Gasteiger partial charge is 0.481 e. The van der Waals surface area contributed by atoms with Crippen LogP contribution in [0.15, 0.2) is 18.2 Å². The van der Waals surface area contributed by atoms with E-state index in [0.717, 1.165) is 0 Å². The number of carboxylic acids is 1. The van der Waals surface area contributed by atoms with Gasteiger partial charge in [0, 0.05) is 15.6 Å². The van der Waals surface area contributed by atoms with E-state index >= 15 is 0 Å². The summed E-state index contributed by atoms with van der Waals surface area (Å²) in [4.78, 5) is 11.1. The molecule has 0 saturated carbocycles. The van der Waals surface area contributed by atoms with Crippen LogP contribution < -0.4 is 0 Å². The number of benzene rings is 1. The Morgan fingerprint density at radius 3 is 2.47 bits per heavy atom. The molecule has 0 heterocycles. The maximum atomic E-state index is 11.1. The first-order chi connectivity index (χ1) is 7.80. The van der Waals surface area contributed by atoms with Crippen LogP contribution in [-0.4, -0.2) is 16.2 Å². The molecule has 1 aromatic rings. The van der Waals surface area contributed by atoms with Crippen LogP contribution in [-0.2, 0) is 10.4 Å². The normalized spacial score (nSPS) is 16.3. The lowest BCUT2D eigenvalue weighted by Gasteiger charge is -2.30. The predicted molar refractivity (Wildman–Crippen MR) is 67.4 cm³/mol. The van der Waals surface area contributed by atoms with E-state index in [2.05, 4.69) is 0 Å². The Morgan fingerprint density at radius 1 is 1.47 bits per heavy atom. The summed E-state index contributed by atoms with van der Waals surface area (Å²) in [7, 11) is 0. The quantitative estimate of drug-likeness (QED) is 0.887. The highest BCUT2D eigenvalue weighted by atomic mass is 35.5. The third kappa shape index (κ3) is 2.92. The maximum Gasteiger partial charge on any atom is 0.309 e. The Bertz CT molecular complexity index is 430. The number of rotatable bonds is 4. The first-order valence-corrected chi connectivity index (χ1v) is 5.97. The maximum absolute atomic E-state index is 11.1.